The molecule has 0 spiro atoms. The molecule has 0 aliphatic carbocycles. The van der Waals surface area contributed by atoms with Crippen LogP contribution >= 0.6 is 0 Å². The Kier molecular flexibility index (Phi) is 7.17. The van der Waals surface area contributed by atoms with Crippen molar-refractivity contribution < 1.29 is 23.8 Å². The first kappa shape index (κ1) is 22.6. The van der Waals surface area contributed by atoms with E-state index in [-0.39, 0.29) is 12.0 Å². The largest absolute Gasteiger partial charge is 0.489 e. The highest BCUT2D eigenvalue weighted by Gasteiger charge is 2.18. The van der Waals surface area contributed by atoms with Crippen molar-refractivity contribution in [3.05, 3.63) is 53.6 Å². The zero-order chi connectivity index (χ0) is 22.4. The molecule has 1 atom stereocenters. The molecular weight excluding hydrogens is 396 g/mol. The van der Waals surface area contributed by atoms with Crippen LogP contribution in [0.3, 0.4) is 0 Å². The Bertz CT molecular complexity index is 913. The van der Waals surface area contributed by atoms with Gasteiger partial charge in [0.05, 0.1) is 11.8 Å². The zero-order valence-electron chi connectivity index (χ0n) is 18.5. The molecule has 0 aromatic heterocycles. The lowest BCUT2D eigenvalue weighted by atomic mass is 10.1. The molecule has 1 heterocycles. The summed E-state index contributed by atoms with van der Waals surface area (Å²) >= 11 is 0. The Labute approximate surface area is 183 Å². The molecule has 1 saturated heterocycles. The van der Waals surface area contributed by atoms with Crippen LogP contribution in [-0.2, 0) is 9.47 Å². The summed E-state index contributed by atoms with van der Waals surface area (Å²) in [6.45, 7) is 8.58. The molecule has 2 N–H and O–H groups in total. The van der Waals surface area contributed by atoms with Gasteiger partial charge in [0.1, 0.15) is 18.0 Å². The number of anilines is 2. The maximum absolute atomic E-state index is 12.7. The lowest BCUT2D eigenvalue weighted by molar-refractivity contribution is 0.0635. The fourth-order valence-corrected chi connectivity index (χ4v) is 3.13. The van der Waals surface area contributed by atoms with Crippen molar-refractivity contribution >= 4 is 23.4 Å². The van der Waals surface area contributed by atoms with Crippen molar-refractivity contribution in [2.24, 2.45) is 0 Å². The molecule has 1 aliphatic heterocycles. The van der Waals surface area contributed by atoms with Crippen LogP contribution in [0.4, 0.5) is 16.2 Å². The minimum atomic E-state index is -0.582. The molecule has 1 unspecified atom stereocenters. The van der Waals surface area contributed by atoms with E-state index in [0.717, 1.165) is 25.0 Å². The van der Waals surface area contributed by atoms with E-state index >= 15 is 0 Å². The number of carbonyl (C=O) groups excluding carboxylic acids is 2. The third-order valence-electron chi connectivity index (χ3n) is 4.63. The molecule has 0 saturated carbocycles. The summed E-state index contributed by atoms with van der Waals surface area (Å²) in [6, 6.07) is 12.2. The highest BCUT2D eigenvalue weighted by Crippen LogP contribution is 2.27. The molecule has 2 aromatic rings. The maximum atomic E-state index is 12.7. The van der Waals surface area contributed by atoms with Gasteiger partial charge >= 0.3 is 6.09 Å². The lowest BCUT2D eigenvalue weighted by Crippen LogP contribution is -2.27. The summed E-state index contributed by atoms with van der Waals surface area (Å²) in [7, 11) is 0. The Morgan fingerprint density at radius 3 is 2.48 bits per heavy atom. The average molecular weight is 427 g/mol. The van der Waals surface area contributed by atoms with Gasteiger partial charge in [0.2, 0.25) is 0 Å². The first-order valence-electron chi connectivity index (χ1n) is 10.5. The molecule has 7 nitrogen and oxygen atoms in total. The SMILES string of the molecule is Cc1ccc(NC(=O)c2ccc(NC(=O)OC(C)(C)C)cc2)c(OCC2CCCO2)c1. The van der Waals surface area contributed by atoms with Crippen molar-refractivity contribution in [2.75, 3.05) is 23.8 Å². The fraction of sp³-hybridized carbons (Fsp3) is 0.417. The zero-order valence-corrected chi connectivity index (χ0v) is 18.5. The van der Waals surface area contributed by atoms with Crippen LogP contribution in [0.25, 0.3) is 0 Å². The molecule has 2 amide bonds. The van der Waals surface area contributed by atoms with E-state index in [1.165, 1.54) is 0 Å². The van der Waals surface area contributed by atoms with E-state index in [1.807, 2.05) is 25.1 Å². The summed E-state index contributed by atoms with van der Waals surface area (Å²) in [4.78, 5) is 24.6. The molecule has 3 rings (SSSR count). The molecule has 1 fully saturated rings. The predicted octanol–water partition coefficient (Wildman–Crippen LogP) is 5.15. The second-order valence-corrected chi connectivity index (χ2v) is 8.60. The third-order valence-corrected chi connectivity index (χ3v) is 4.63. The van der Waals surface area contributed by atoms with Crippen LogP contribution in [0.15, 0.2) is 42.5 Å². The van der Waals surface area contributed by atoms with Crippen LogP contribution in [0.5, 0.6) is 5.75 Å². The van der Waals surface area contributed by atoms with Crippen molar-refractivity contribution in [3.8, 4) is 5.75 Å². The lowest BCUT2D eigenvalue weighted by Gasteiger charge is -2.19. The maximum Gasteiger partial charge on any atom is 0.412 e. The summed E-state index contributed by atoms with van der Waals surface area (Å²) in [5, 5.41) is 5.55. The van der Waals surface area contributed by atoms with Gasteiger partial charge in [-0.25, -0.2) is 4.79 Å². The molecule has 0 radical (unpaired) electrons. The number of aryl methyl sites for hydroxylation is 1. The second-order valence-electron chi connectivity index (χ2n) is 8.60. The number of hydrogen-bond donors (Lipinski definition) is 2. The van der Waals surface area contributed by atoms with E-state index in [0.29, 0.717) is 29.3 Å². The number of nitrogens with one attached hydrogen (secondary N) is 2. The Balaban J connectivity index is 1.62. The van der Waals surface area contributed by atoms with Crippen LogP contribution in [0.1, 0.15) is 49.5 Å². The summed E-state index contributed by atoms with van der Waals surface area (Å²) in [6.07, 6.45) is 1.58. The van der Waals surface area contributed by atoms with Crippen molar-refractivity contribution in [1.29, 1.82) is 0 Å². The van der Waals surface area contributed by atoms with Gasteiger partial charge < -0.3 is 19.5 Å². The quantitative estimate of drug-likeness (QED) is 0.667. The standard InChI is InChI=1S/C24H30N2O5/c1-16-7-12-20(21(14-16)30-15-19-6-5-13-29-19)26-22(27)17-8-10-18(11-9-17)25-23(28)31-24(2,3)4/h7-12,14,19H,5-6,13,15H2,1-4H3,(H,25,28)(H,26,27). The van der Waals surface area contributed by atoms with E-state index in [1.54, 1.807) is 45.0 Å². The van der Waals surface area contributed by atoms with E-state index < -0.39 is 11.7 Å². The van der Waals surface area contributed by atoms with Crippen LogP contribution in [0.2, 0.25) is 0 Å². The third kappa shape index (κ3) is 7.00. The number of ether oxygens (including phenoxy) is 3. The van der Waals surface area contributed by atoms with Crippen LogP contribution in [-0.4, -0.2) is 36.9 Å². The van der Waals surface area contributed by atoms with Gasteiger partial charge in [0, 0.05) is 17.9 Å². The van der Waals surface area contributed by atoms with Crippen LogP contribution in [0, 0.1) is 6.92 Å². The predicted molar refractivity (Wildman–Crippen MR) is 120 cm³/mol. The minimum Gasteiger partial charge on any atom is -0.489 e. The summed E-state index contributed by atoms with van der Waals surface area (Å²) in [5.74, 6) is 0.349. The topological polar surface area (TPSA) is 85.9 Å². The Morgan fingerprint density at radius 2 is 1.84 bits per heavy atom. The van der Waals surface area contributed by atoms with Gasteiger partial charge in [-0.3, -0.25) is 10.1 Å². The van der Waals surface area contributed by atoms with E-state index in [4.69, 9.17) is 14.2 Å². The number of rotatable bonds is 6. The summed E-state index contributed by atoms with van der Waals surface area (Å²) < 4.78 is 16.8. The second kappa shape index (κ2) is 9.83. The number of amides is 2. The molecule has 166 valence electrons. The highest BCUT2D eigenvalue weighted by atomic mass is 16.6. The summed E-state index contributed by atoms with van der Waals surface area (Å²) in [5.41, 5.74) is 2.06. The molecule has 2 aromatic carbocycles. The van der Waals surface area contributed by atoms with E-state index in [9.17, 15) is 9.59 Å². The minimum absolute atomic E-state index is 0.0917. The van der Waals surface area contributed by atoms with Gasteiger partial charge in [-0.05, 0) is 82.5 Å². The fourth-order valence-electron chi connectivity index (χ4n) is 3.13. The van der Waals surface area contributed by atoms with Gasteiger partial charge in [-0.1, -0.05) is 6.07 Å². The van der Waals surface area contributed by atoms with Gasteiger partial charge in [-0.2, -0.15) is 0 Å². The van der Waals surface area contributed by atoms with Gasteiger partial charge in [0.25, 0.3) is 5.91 Å². The van der Waals surface area contributed by atoms with Crippen molar-refractivity contribution in [3.63, 3.8) is 0 Å². The Morgan fingerprint density at radius 1 is 1.10 bits per heavy atom. The van der Waals surface area contributed by atoms with Crippen LogP contribution < -0.4 is 15.4 Å². The number of benzene rings is 2. The smallest absolute Gasteiger partial charge is 0.412 e. The normalized spacial score (nSPS) is 15.9. The Hall–Kier alpha value is -3.06. The van der Waals surface area contributed by atoms with Crippen molar-refractivity contribution in [1.82, 2.24) is 0 Å². The van der Waals surface area contributed by atoms with Crippen molar-refractivity contribution in [2.45, 2.75) is 52.2 Å². The first-order valence-corrected chi connectivity index (χ1v) is 10.5. The molecule has 1 aliphatic rings. The first-order chi connectivity index (χ1) is 14.7. The monoisotopic (exact) mass is 426 g/mol. The highest BCUT2D eigenvalue weighted by molar-refractivity contribution is 6.05. The van der Waals surface area contributed by atoms with E-state index in [2.05, 4.69) is 10.6 Å². The number of hydrogen-bond acceptors (Lipinski definition) is 5. The molecular formula is C24H30N2O5. The molecule has 7 heteroatoms. The van der Waals surface area contributed by atoms with Gasteiger partial charge in [0.15, 0.2) is 0 Å². The molecule has 0 bridgehead atoms. The van der Waals surface area contributed by atoms with Gasteiger partial charge in [-0.15, -0.1) is 0 Å². The average Bonchev–Trinajstić information content (AvgIpc) is 3.20. The molecule has 31 heavy (non-hydrogen) atoms. The number of carbonyl (C=O) groups is 2.